The van der Waals surface area contributed by atoms with Crippen molar-refractivity contribution in [2.75, 3.05) is 32.3 Å². The zero-order chi connectivity index (χ0) is 24.2. The van der Waals surface area contributed by atoms with Crippen LogP contribution in [-0.4, -0.2) is 62.6 Å². The Balaban J connectivity index is 1.35. The second kappa shape index (κ2) is 8.40. The molecule has 2 aliphatic rings. The lowest BCUT2D eigenvalue weighted by atomic mass is 9.71. The molecule has 1 spiro atoms. The zero-order valence-electron chi connectivity index (χ0n) is 19.7. The second-order valence-electron chi connectivity index (χ2n) is 9.74. The van der Waals surface area contributed by atoms with Crippen LogP contribution in [0.5, 0.6) is 5.88 Å². The van der Waals surface area contributed by atoms with Crippen LogP contribution in [0.3, 0.4) is 0 Å². The van der Waals surface area contributed by atoms with Crippen LogP contribution in [0.4, 0.5) is 14.7 Å². The fraction of sp³-hybridized carbons (Fsp3) is 0.500. The molecule has 3 aromatic heterocycles. The summed E-state index contributed by atoms with van der Waals surface area (Å²) in [7, 11) is 1.51. The summed E-state index contributed by atoms with van der Waals surface area (Å²) in [5, 5.41) is 16.1. The van der Waals surface area contributed by atoms with Gasteiger partial charge < -0.3 is 14.8 Å². The van der Waals surface area contributed by atoms with E-state index >= 15 is 4.39 Å². The maximum atomic E-state index is 15.3. The van der Waals surface area contributed by atoms with Gasteiger partial charge in [-0.1, -0.05) is 11.3 Å². The molecule has 1 saturated heterocycles. The van der Waals surface area contributed by atoms with Crippen LogP contribution < -0.4 is 10.1 Å². The monoisotopic (exact) mass is 483 g/mol. The summed E-state index contributed by atoms with van der Waals surface area (Å²) in [5.74, 6) is 0.206. The van der Waals surface area contributed by atoms with Gasteiger partial charge in [-0.3, -0.25) is 0 Å². The summed E-state index contributed by atoms with van der Waals surface area (Å²) in [6, 6.07) is 5.02. The van der Waals surface area contributed by atoms with Crippen LogP contribution >= 0.6 is 0 Å². The molecule has 35 heavy (non-hydrogen) atoms. The predicted octanol–water partition coefficient (Wildman–Crippen LogP) is 4.19. The van der Waals surface area contributed by atoms with Crippen molar-refractivity contribution in [1.29, 1.82) is 0 Å². The fourth-order valence-corrected chi connectivity index (χ4v) is 5.22. The topological polar surface area (TPSA) is 91.4 Å². The van der Waals surface area contributed by atoms with Crippen LogP contribution in [0.15, 0.2) is 24.4 Å². The Bertz CT molecular complexity index is 1390. The highest BCUT2D eigenvalue weighted by molar-refractivity contribution is 5.89. The Morgan fingerprint density at radius 1 is 1.29 bits per heavy atom. The molecular weight excluding hydrogens is 456 g/mol. The molecule has 9 nitrogen and oxygen atoms in total. The lowest BCUT2D eigenvalue weighted by molar-refractivity contribution is -0.131. The molecule has 0 radical (unpaired) electrons. The molecule has 0 bridgehead atoms. The SMILES string of the molecule is COc1nc(NC2CCC3(CC2)COC3)nn2cc(F)c(-c3ccc4nnn([C@H](C)CF)c4c3)c12. The van der Waals surface area contributed by atoms with Gasteiger partial charge >= 0.3 is 0 Å². The first-order valence-electron chi connectivity index (χ1n) is 11.9. The van der Waals surface area contributed by atoms with E-state index in [1.807, 2.05) is 0 Å². The van der Waals surface area contributed by atoms with Gasteiger partial charge in [0.15, 0.2) is 5.82 Å². The number of hydrogen-bond acceptors (Lipinski definition) is 7. The Hall–Kier alpha value is -3.34. The highest BCUT2D eigenvalue weighted by Crippen LogP contribution is 2.43. The standard InChI is InChI=1S/C24H27F2N7O2/c1-14(10-25)33-19-9-15(3-4-18(19)29-31-33)20-17(26)11-32-21(20)22(34-2)28-23(30-32)27-16-5-7-24(8-6-16)12-35-13-24/h3-4,9,11,14,16H,5-8,10,12-13H2,1-2H3,(H,27,30)/t14-/m1/s1. The fourth-order valence-electron chi connectivity index (χ4n) is 5.22. The van der Waals surface area contributed by atoms with E-state index in [-0.39, 0.29) is 11.9 Å². The van der Waals surface area contributed by atoms with Crippen LogP contribution in [0.1, 0.15) is 38.6 Å². The van der Waals surface area contributed by atoms with Gasteiger partial charge in [0.2, 0.25) is 11.8 Å². The third-order valence-electron chi connectivity index (χ3n) is 7.34. The Morgan fingerprint density at radius 2 is 2.09 bits per heavy atom. The largest absolute Gasteiger partial charge is 0.479 e. The number of nitrogens with one attached hydrogen (secondary N) is 1. The van der Waals surface area contributed by atoms with Crippen molar-refractivity contribution in [3.8, 4) is 17.0 Å². The Labute approximate surface area is 200 Å². The molecule has 0 unspecified atom stereocenters. The van der Waals surface area contributed by atoms with Crippen molar-refractivity contribution in [3.05, 3.63) is 30.2 Å². The van der Waals surface area contributed by atoms with E-state index < -0.39 is 18.5 Å². The van der Waals surface area contributed by atoms with Crippen molar-refractivity contribution < 1.29 is 18.3 Å². The lowest BCUT2D eigenvalue weighted by Crippen LogP contribution is -2.47. The van der Waals surface area contributed by atoms with E-state index in [0.717, 1.165) is 38.9 Å². The Kier molecular flexibility index (Phi) is 5.32. The van der Waals surface area contributed by atoms with Crippen molar-refractivity contribution in [1.82, 2.24) is 29.6 Å². The number of halogens is 2. The molecule has 1 aromatic carbocycles. The van der Waals surface area contributed by atoms with Gasteiger partial charge in [0.05, 0.1) is 43.6 Å². The summed E-state index contributed by atoms with van der Waals surface area (Å²) < 4.78 is 42.6. The molecule has 1 aliphatic carbocycles. The van der Waals surface area contributed by atoms with Gasteiger partial charge in [0.1, 0.15) is 17.7 Å². The summed E-state index contributed by atoms with van der Waals surface area (Å²) >= 11 is 0. The Morgan fingerprint density at radius 3 is 2.77 bits per heavy atom. The first-order valence-corrected chi connectivity index (χ1v) is 11.9. The molecule has 184 valence electrons. The summed E-state index contributed by atoms with van der Waals surface area (Å²) in [6.07, 6.45) is 5.57. The van der Waals surface area contributed by atoms with Crippen molar-refractivity contribution in [3.63, 3.8) is 0 Å². The predicted molar refractivity (Wildman–Crippen MR) is 126 cm³/mol. The number of rotatable bonds is 6. The number of ether oxygens (including phenoxy) is 2. The summed E-state index contributed by atoms with van der Waals surface area (Å²) in [6.45, 7) is 2.85. The van der Waals surface area contributed by atoms with E-state index in [4.69, 9.17) is 9.47 Å². The highest BCUT2D eigenvalue weighted by atomic mass is 19.1. The highest BCUT2D eigenvalue weighted by Gasteiger charge is 2.41. The lowest BCUT2D eigenvalue weighted by Gasteiger charge is -2.46. The van der Waals surface area contributed by atoms with Crippen molar-refractivity contribution in [2.45, 2.75) is 44.7 Å². The number of methoxy groups -OCH3 is 1. The smallest absolute Gasteiger partial charge is 0.244 e. The number of fused-ring (bicyclic) bond motifs is 2. The van der Waals surface area contributed by atoms with Gasteiger partial charge in [0, 0.05) is 11.5 Å². The number of anilines is 1. The molecule has 0 amide bonds. The first kappa shape index (κ1) is 22.1. The average molecular weight is 484 g/mol. The van der Waals surface area contributed by atoms with Crippen LogP contribution in [0, 0.1) is 11.2 Å². The first-order chi connectivity index (χ1) is 17.0. The second-order valence-corrected chi connectivity index (χ2v) is 9.74. The van der Waals surface area contributed by atoms with E-state index in [1.165, 1.54) is 22.5 Å². The van der Waals surface area contributed by atoms with E-state index in [2.05, 4.69) is 25.7 Å². The summed E-state index contributed by atoms with van der Waals surface area (Å²) in [5.41, 5.74) is 2.89. The molecular formula is C24H27F2N7O2. The molecule has 1 aliphatic heterocycles. The quantitative estimate of drug-likeness (QED) is 0.440. The third kappa shape index (κ3) is 3.69. The minimum atomic E-state index is -0.584. The van der Waals surface area contributed by atoms with E-state index in [9.17, 15) is 4.39 Å². The number of nitrogens with zero attached hydrogens (tertiary/aromatic N) is 6. The van der Waals surface area contributed by atoms with Gasteiger partial charge in [-0.2, -0.15) is 4.98 Å². The maximum Gasteiger partial charge on any atom is 0.244 e. The normalized spacial score (nSPS) is 18.7. The maximum absolute atomic E-state index is 15.3. The number of benzene rings is 1. The molecule has 4 aromatic rings. The van der Waals surface area contributed by atoms with Crippen LogP contribution in [-0.2, 0) is 4.74 Å². The van der Waals surface area contributed by atoms with Crippen LogP contribution in [0.25, 0.3) is 27.7 Å². The third-order valence-corrected chi connectivity index (χ3v) is 7.34. The van der Waals surface area contributed by atoms with Gasteiger partial charge in [-0.25, -0.2) is 18.0 Å². The number of aromatic nitrogens is 6. The average Bonchev–Trinajstić information content (AvgIpc) is 3.42. The minimum Gasteiger partial charge on any atom is -0.479 e. The molecule has 1 saturated carbocycles. The number of alkyl halides is 1. The van der Waals surface area contributed by atoms with E-state index in [1.54, 1.807) is 25.1 Å². The van der Waals surface area contributed by atoms with Gasteiger partial charge in [-0.15, -0.1) is 10.2 Å². The number of hydrogen-bond donors (Lipinski definition) is 1. The molecule has 1 atom stereocenters. The van der Waals surface area contributed by atoms with Crippen molar-refractivity contribution in [2.24, 2.45) is 5.41 Å². The molecule has 1 N–H and O–H groups in total. The van der Waals surface area contributed by atoms with Crippen molar-refractivity contribution >= 4 is 22.5 Å². The van der Waals surface area contributed by atoms with Crippen LogP contribution in [0.2, 0.25) is 0 Å². The molecule has 11 heteroatoms. The zero-order valence-corrected chi connectivity index (χ0v) is 19.7. The minimum absolute atomic E-state index is 0.246. The van der Waals surface area contributed by atoms with Gasteiger partial charge in [0.25, 0.3) is 0 Å². The molecule has 4 heterocycles. The molecule has 6 rings (SSSR count). The molecule has 2 fully saturated rings. The van der Waals surface area contributed by atoms with E-state index in [0.29, 0.717) is 39.0 Å². The summed E-state index contributed by atoms with van der Waals surface area (Å²) in [4.78, 5) is 4.56. The van der Waals surface area contributed by atoms with Gasteiger partial charge in [-0.05, 0) is 50.3 Å².